The van der Waals surface area contributed by atoms with Crippen molar-refractivity contribution >= 4 is 23.5 Å². The van der Waals surface area contributed by atoms with Crippen molar-refractivity contribution in [2.75, 3.05) is 26.3 Å². The number of carbonyl (C=O) groups excluding carboxylic acids is 2. The minimum absolute atomic E-state index is 0.167. The van der Waals surface area contributed by atoms with Crippen molar-refractivity contribution in [1.29, 1.82) is 0 Å². The molecule has 0 atom stereocenters. The van der Waals surface area contributed by atoms with Gasteiger partial charge in [0.15, 0.2) is 6.29 Å². The van der Waals surface area contributed by atoms with Crippen molar-refractivity contribution in [2.45, 2.75) is 0 Å². The third kappa shape index (κ3) is 2.66. The van der Waals surface area contributed by atoms with Gasteiger partial charge in [0.2, 0.25) is 0 Å². The number of rotatable bonds is 3. The Labute approximate surface area is 97.0 Å². The van der Waals surface area contributed by atoms with Crippen LogP contribution in [0.15, 0.2) is 12.1 Å². The summed E-state index contributed by atoms with van der Waals surface area (Å²) in [4.78, 5) is 23.3. The molecule has 2 rings (SSSR count). The standard InChI is InChI=1S/C10H12N2O3S/c13-7-8-1-2-9(16-8)10(14)11-12-3-5-15-6-4-12/h1-2,7H,3-6H2,(H,11,14). The Morgan fingerprint density at radius 1 is 1.44 bits per heavy atom. The summed E-state index contributed by atoms with van der Waals surface area (Å²) in [5.41, 5.74) is 2.78. The highest BCUT2D eigenvalue weighted by Crippen LogP contribution is 2.14. The van der Waals surface area contributed by atoms with Gasteiger partial charge in [0.05, 0.1) is 23.0 Å². The van der Waals surface area contributed by atoms with Crippen LogP contribution in [0, 0.1) is 0 Å². The summed E-state index contributed by atoms with van der Waals surface area (Å²) < 4.78 is 5.17. The van der Waals surface area contributed by atoms with E-state index in [9.17, 15) is 9.59 Å². The number of hydrogen-bond acceptors (Lipinski definition) is 5. The first-order valence-corrected chi connectivity index (χ1v) is 5.80. The Bertz CT molecular complexity index is 385. The van der Waals surface area contributed by atoms with E-state index in [0.717, 1.165) is 6.29 Å². The fraction of sp³-hybridized carbons (Fsp3) is 0.400. The summed E-state index contributed by atoms with van der Waals surface area (Å²) in [5.74, 6) is -0.167. The quantitative estimate of drug-likeness (QED) is 0.783. The molecule has 1 aliphatic heterocycles. The lowest BCUT2D eigenvalue weighted by Gasteiger charge is -2.26. The molecule has 1 amide bonds. The van der Waals surface area contributed by atoms with Crippen molar-refractivity contribution in [3.63, 3.8) is 0 Å². The summed E-state index contributed by atoms with van der Waals surface area (Å²) >= 11 is 1.19. The highest BCUT2D eigenvalue weighted by molar-refractivity contribution is 7.15. The Morgan fingerprint density at radius 2 is 2.19 bits per heavy atom. The number of hydrogen-bond donors (Lipinski definition) is 1. The Balaban J connectivity index is 1.93. The van der Waals surface area contributed by atoms with Crippen LogP contribution in [0.3, 0.4) is 0 Å². The van der Waals surface area contributed by atoms with Gasteiger partial charge in [0.25, 0.3) is 5.91 Å². The van der Waals surface area contributed by atoms with Crippen LogP contribution < -0.4 is 5.43 Å². The first-order chi connectivity index (χ1) is 7.79. The van der Waals surface area contributed by atoms with Crippen LogP contribution in [-0.4, -0.2) is 43.5 Å². The van der Waals surface area contributed by atoms with E-state index < -0.39 is 0 Å². The molecule has 0 spiro atoms. The average Bonchev–Trinajstić information content (AvgIpc) is 2.79. The second-order valence-electron chi connectivity index (χ2n) is 3.36. The third-order valence-corrected chi connectivity index (χ3v) is 3.25. The SMILES string of the molecule is O=Cc1ccc(C(=O)NN2CCOCC2)s1. The maximum atomic E-state index is 11.7. The van der Waals surface area contributed by atoms with Crippen molar-refractivity contribution < 1.29 is 14.3 Å². The first kappa shape index (κ1) is 11.3. The minimum Gasteiger partial charge on any atom is -0.379 e. The molecule has 0 aromatic carbocycles. The molecule has 86 valence electrons. The van der Waals surface area contributed by atoms with E-state index in [0.29, 0.717) is 36.1 Å². The summed E-state index contributed by atoms with van der Waals surface area (Å²) in [6.45, 7) is 2.64. The summed E-state index contributed by atoms with van der Waals surface area (Å²) in [7, 11) is 0. The van der Waals surface area contributed by atoms with Gasteiger partial charge in [-0.15, -0.1) is 11.3 Å². The van der Waals surface area contributed by atoms with Gasteiger partial charge in [-0.1, -0.05) is 0 Å². The minimum atomic E-state index is -0.167. The summed E-state index contributed by atoms with van der Waals surface area (Å²) in [6, 6.07) is 3.30. The second kappa shape index (κ2) is 5.20. The molecule has 5 nitrogen and oxygen atoms in total. The van der Waals surface area contributed by atoms with E-state index in [1.54, 1.807) is 12.1 Å². The van der Waals surface area contributed by atoms with Crippen LogP contribution in [0.4, 0.5) is 0 Å². The third-order valence-electron chi connectivity index (χ3n) is 2.24. The van der Waals surface area contributed by atoms with Gasteiger partial charge in [-0.05, 0) is 12.1 Å². The average molecular weight is 240 g/mol. The van der Waals surface area contributed by atoms with Gasteiger partial charge >= 0.3 is 0 Å². The Morgan fingerprint density at radius 3 is 2.81 bits per heavy atom. The van der Waals surface area contributed by atoms with Gasteiger partial charge in [-0.25, -0.2) is 5.01 Å². The van der Waals surface area contributed by atoms with Crippen LogP contribution in [0.25, 0.3) is 0 Å². The zero-order valence-corrected chi connectivity index (χ0v) is 9.46. The molecule has 1 saturated heterocycles. The van der Waals surface area contributed by atoms with Crippen molar-refractivity contribution in [1.82, 2.24) is 10.4 Å². The van der Waals surface area contributed by atoms with E-state index in [4.69, 9.17) is 4.74 Å². The molecule has 0 bridgehead atoms. The maximum absolute atomic E-state index is 11.7. The molecule has 2 heterocycles. The molecule has 1 fully saturated rings. The predicted molar refractivity (Wildman–Crippen MR) is 59.6 cm³/mol. The van der Waals surface area contributed by atoms with Crippen LogP contribution in [0.1, 0.15) is 19.3 Å². The fourth-order valence-electron chi connectivity index (χ4n) is 1.41. The van der Waals surface area contributed by atoms with E-state index >= 15 is 0 Å². The normalized spacial score (nSPS) is 17.0. The number of nitrogens with zero attached hydrogens (tertiary/aromatic N) is 1. The zero-order valence-electron chi connectivity index (χ0n) is 8.64. The molecule has 1 aliphatic rings. The lowest BCUT2D eigenvalue weighted by atomic mass is 10.4. The van der Waals surface area contributed by atoms with E-state index in [1.807, 2.05) is 5.01 Å². The van der Waals surface area contributed by atoms with Gasteiger partial charge < -0.3 is 4.74 Å². The van der Waals surface area contributed by atoms with Crippen molar-refractivity contribution in [3.05, 3.63) is 21.9 Å². The summed E-state index contributed by atoms with van der Waals surface area (Å²) in [6.07, 6.45) is 0.746. The van der Waals surface area contributed by atoms with Crippen LogP contribution in [0.5, 0.6) is 0 Å². The van der Waals surface area contributed by atoms with E-state index in [1.165, 1.54) is 11.3 Å². The molecule has 0 radical (unpaired) electrons. The van der Waals surface area contributed by atoms with Crippen LogP contribution >= 0.6 is 11.3 Å². The number of ether oxygens (including phenoxy) is 1. The number of aldehydes is 1. The molecular weight excluding hydrogens is 228 g/mol. The van der Waals surface area contributed by atoms with Crippen molar-refractivity contribution in [2.24, 2.45) is 0 Å². The fourth-order valence-corrected chi connectivity index (χ4v) is 2.12. The number of amides is 1. The van der Waals surface area contributed by atoms with Crippen LogP contribution in [-0.2, 0) is 4.74 Å². The largest absolute Gasteiger partial charge is 0.379 e. The molecule has 0 saturated carbocycles. The number of thiophene rings is 1. The number of nitrogens with one attached hydrogen (secondary N) is 1. The highest BCUT2D eigenvalue weighted by atomic mass is 32.1. The lowest BCUT2D eigenvalue weighted by Crippen LogP contribution is -2.48. The van der Waals surface area contributed by atoms with Gasteiger partial charge in [0.1, 0.15) is 0 Å². The van der Waals surface area contributed by atoms with Crippen molar-refractivity contribution in [3.8, 4) is 0 Å². The zero-order chi connectivity index (χ0) is 11.4. The predicted octanol–water partition coefficient (Wildman–Crippen LogP) is 0.538. The number of morpholine rings is 1. The molecule has 16 heavy (non-hydrogen) atoms. The van der Waals surface area contributed by atoms with Gasteiger partial charge in [0, 0.05) is 13.1 Å². The summed E-state index contributed by atoms with van der Waals surface area (Å²) in [5, 5.41) is 1.83. The van der Waals surface area contributed by atoms with E-state index in [-0.39, 0.29) is 5.91 Å². The van der Waals surface area contributed by atoms with Crippen LogP contribution in [0.2, 0.25) is 0 Å². The molecular formula is C10H12N2O3S. The van der Waals surface area contributed by atoms with E-state index in [2.05, 4.69) is 5.43 Å². The monoisotopic (exact) mass is 240 g/mol. The Kier molecular flexibility index (Phi) is 3.66. The molecule has 0 unspecified atom stereocenters. The maximum Gasteiger partial charge on any atom is 0.275 e. The highest BCUT2D eigenvalue weighted by Gasteiger charge is 2.15. The van der Waals surface area contributed by atoms with Gasteiger partial charge in [-0.3, -0.25) is 15.0 Å². The smallest absolute Gasteiger partial charge is 0.275 e. The molecule has 6 heteroatoms. The second-order valence-corrected chi connectivity index (χ2v) is 4.48. The lowest BCUT2D eigenvalue weighted by molar-refractivity contribution is 0.0127. The van der Waals surface area contributed by atoms with Gasteiger partial charge in [-0.2, -0.15) is 0 Å². The molecule has 1 aromatic rings. The first-order valence-electron chi connectivity index (χ1n) is 4.98. The molecule has 1 N–H and O–H groups in total. The topological polar surface area (TPSA) is 58.6 Å². The molecule has 1 aromatic heterocycles. The molecule has 0 aliphatic carbocycles. The number of hydrazine groups is 1. The number of carbonyl (C=O) groups is 2. The Hall–Kier alpha value is -1.24.